The fraction of sp³-hybridized carbons (Fsp3) is 0.308. The van der Waals surface area contributed by atoms with Crippen LogP contribution in [0.1, 0.15) is 24.5 Å². The van der Waals surface area contributed by atoms with Crippen molar-refractivity contribution in [1.82, 2.24) is 0 Å². The van der Waals surface area contributed by atoms with Crippen LogP contribution in [0.4, 0.5) is 18.9 Å². The number of benzene rings is 3. The van der Waals surface area contributed by atoms with Gasteiger partial charge in [0.15, 0.2) is 6.61 Å². The zero-order chi connectivity index (χ0) is 24.5. The Morgan fingerprint density at radius 1 is 1.11 bits per heavy atom. The summed E-state index contributed by atoms with van der Waals surface area (Å²) in [6, 6.07) is 17.9. The van der Waals surface area contributed by atoms with E-state index in [1.807, 2.05) is 30.3 Å². The first-order valence-electron chi connectivity index (χ1n) is 11.0. The highest BCUT2D eigenvalue weighted by Gasteiger charge is 2.36. The first-order valence-corrected chi connectivity index (χ1v) is 11.0. The number of alkyl halides is 3. The van der Waals surface area contributed by atoms with Crippen LogP contribution in [0.3, 0.4) is 0 Å². The van der Waals surface area contributed by atoms with E-state index in [0.29, 0.717) is 29.5 Å². The number of amides is 2. The lowest BCUT2D eigenvalue weighted by molar-refractivity contribution is -0.153. The van der Waals surface area contributed by atoms with Crippen molar-refractivity contribution in [2.45, 2.75) is 32.5 Å². The van der Waals surface area contributed by atoms with Crippen molar-refractivity contribution in [1.29, 1.82) is 0 Å². The predicted molar refractivity (Wildman–Crippen MR) is 131 cm³/mol. The van der Waals surface area contributed by atoms with Gasteiger partial charge in [-0.3, -0.25) is 9.59 Å². The van der Waals surface area contributed by atoms with Gasteiger partial charge in [0, 0.05) is 17.2 Å². The largest absolute Gasteiger partial charge is 0.484 e. The molecule has 2 amide bonds. The van der Waals surface area contributed by atoms with E-state index in [1.165, 1.54) is 6.07 Å². The Kier molecular flexibility index (Phi) is 7.95. The number of rotatable bonds is 6. The number of para-hydroxylation sites is 1. The minimum Gasteiger partial charge on any atom is -0.484 e. The lowest BCUT2D eigenvalue weighted by Crippen LogP contribution is -2.41. The number of nitrogens with two attached hydrogens (primary N) is 1. The highest BCUT2D eigenvalue weighted by molar-refractivity contribution is 6.00. The number of carbonyl (C=O) groups is 2. The number of halogens is 4. The molecule has 0 aromatic heterocycles. The minimum absolute atomic E-state index is 0. The summed E-state index contributed by atoms with van der Waals surface area (Å²) in [6.45, 7) is 0.186. The second kappa shape index (κ2) is 10.6. The molecule has 0 spiro atoms. The van der Waals surface area contributed by atoms with E-state index in [9.17, 15) is 22.8 Å². The van der Waals surface area contributed by atoms with Crippen LogP contribution in [0.5, 0.6) is 5.75 Å². The molecule has 2 atom stereocenters. The molecule has 1 aliphatic rings. The molecule has 1 aliphatic heterocycles. The SMILES string of the molecule is CC(C(N)=O)[C@@H]1CCc2ccccc2N(Cc2c(OCC(F)(F)F)ccc3ccccc23)C1=O.Cl. The van der Waals surface area contributed by atoms with Gasteiger partial charge >= 0.3 is 6.18 Å². The van der Waals surface area contributed by atoms with Gasteiger partial charge in [0.2, 0.25) is 11.8 Å². The smallest absolute Gasteiger partial charge is 0.422 e. The molecule has 35 heavy (non-hydrogen) atoms. The topological polar surface area (TPSA) is 72.6 Å². The molecule has 0 fully saturated rings. The fourth-order valence-corrected chi connectivity index (χ4v) is 4.50. The molecule has 4 rings (SSSR count). The molecule has 2 N–H and O–H groups in total. The highest BCUT2D eigenvalue weighted by Crippen LogP contribution is 2.37. The number of anilines is 1. The summed E-state index contributed by atoms with van der Waals surface area (Å²) < 4.78 is 44.0. The molecular formula is C26H26ClF3N2O3. The van der Waals surface area contributed by atoms with Crippen LogP contribution in [0, 0.1) is 11.8 Å². The first-order chi connectivity index (χ1) is 16.2. The molecule has 0 saturated carbocycles. The maximum Gasteiger partial charge on any atom is 0.422 e. The van der Waals surface area contributed by atoms with E-state index < -0.39 is 30.5 Å². The van der Waals surface area contributed by atoms with Crippen LogP contribution >= 0.6 is 12.4 Å². The van der Waals surface area contributed by atoms with Crippen molar-refractivity contribution in [3.05, 3.63) is 71.8 Å². The van der Waals surface area contributed by atoms with Gasteiger partial charge in [-0.05, 0) is 41.3 Å². The Morgan fingerprint density at radius 3 is 2.51 bits per heavy atom. The summed E-state index contributed by atoms with van der Waals surface area (Å²) in [5.74, 6) is -2.11. The maximum absolute atomic E-state index is 13.7. The van der Waals surface area contributed by atoms with Gasteiger partial charge in [-0.25, -0.2) is 0 Å². The Bertz CT molecular complexity index is 1230. The number of carbonyl (C=O) groups excluding carboxylic acids is 2. The molecule has 0 bridgehead atoms. The van der Waals surface area contributed by atoms with Crippen LogP contribution in [0.15, 0.2) is 60.7 Å². The predicted octanol–water partition coefficient (Wildman–Crippen LogP) is 5.42. The molecule has 0 aliphatic carbocycles. The van der Waals surface area contributed by atoms with Gasteiger partial charge in [0.05, 0.1) is 12.5 Å². The van der Waals surface area contributed by atoms with E-state index in [1.54, 1.807) is 36.1 Å². The Morgan fingerprint density at radius 2 is 1.80 bits per heavy atom. The Hall–Kier alpha value is -3.26. The monoisotopic (exact) mass is 506 g/mol. The lowest BCUT2D eigenvalue weighted by atomic mass is 9.88. The van der Waals surface area contributed by atoms with Crippen molar-refractivity contribution in [3.8, 4) is 5.75 Å². The summed E-state index contributed by atoms with van der Waals surface area (Å²) >= 11 is 0. The molecule has 9 heteroatoms. The lowest BCUT2D eigenvalue weighted by Gasteiger charge is -2.29. The zero-order valence-corrected chi connectivity index (χ0v) is 19.9. The van der Waals surface area contributed by atoms with Crippen molar-refractivity contribution < 1.29 is 27.5 Å². The number of fused-ring (bicyclic) bond motifs is 2. The Balaban J connectivity index is 0.00000342. The van der Waals surface area contributed by atoms with Gasteiger partial charge in [0.25, 0.3) is 0 Å². The average Bonchev–Trinajstić information content (AvgIpc) is 2.94. The third-order valence-electron chi connectivity index (χ3n) is 6.35. The first kappa shape index (κ1) is 26.3. The van der Waals surface area contributed by atoms with Gasteiger partial charge in [0.1, 0.15) is 5.75 Å². The van der Waals surface area contributed by atoms with Crippen molar-refractivity contribution in [2.24, 2.45) is 17.6 Å². The van der Waals surface area contributed by atoms with E-state index >= 15 is 0 Å². The number of nitrogens with zero attached hydrogens (tertiary/aromatic N) is 1. The number of ether oxygens (including phenoxy) is 1. The second-order valence-corrected chi connectivity index (χ2v) is 8.56. The molecule has 3 aromatic carbocycles. The van der Waals surface area contributed by atoms with Crippen molar-refractivity contribution in [3.63, 3.8) is 0 Å². The van der Waals surface area contributed by atoms with Crippen LogP contribution in [0.2, 0.25) is 0 Å². The molecule has 0 saturated heterocycles. The molecule has 1 unspecified atom stereocenters. The molecular weight excluding hydrogens is 481 g/mol. The zero-order valence-electron chi connectivity index (χ0n) is 19.0. The highest BCUT2D eigenvalue weighted by atomic mass is 35.5. The molecule has 186 valence electrons. The summed E-state index contributed by atoms with van der Waals surface area (Å²) in [6.07, 6.45) is -3.48. The molecule has 0 radical (unpaired) electrons. The van der Waals surface area contributed by atoms with E-state index in [0.717, 1.165) is 10.9 Å². The van der Waals surface area contributed by atoms with Crippen LogP contribution in [-0.2, 0) is 22.6 Å². The van der Waals surface area contributed by atoms with Crippen molar-refractivity contribution >= 4 is 40.7 Å². The van der Waals surface area contributed by atoms with Gasteiger partial charge < -0.3 is 15.4 Å². The van der Waals surface area contributed by atoms with Crippen molar-refractivity contribution in [2.75, 3.05) is 11.5 Å². The third-order valence-corrected chi connectivity index (χ3v) is 6.35. The Labute approximate surface area is 207 Å². The van der Waals surface area contributed by atoms with Gasteiger partial charge in [-0.2, -0.15) is 13.2 Å². The molecule has 5 nitrogen and oxygen atoms in total. The van der Waals surface area contributed by atoms with E-state index in [4.69, 9.17) is 10.5 Å². The van der Waals surface area contributed by atoms with Crippen LogP contribution in [0.25, 0.3) is 10.8 Å². The number of hydrogen-bond donors (Lipinski definition) is 1. The van der Waals surface area contributed by atoms with Gasteiger partial charge in [-0.15, -0.1) is 12.4 Å². The average molecular weight is 507 g/mol. The number of hydrogen-bond acceptors (Lipinski definition) is 3. The normalized spacial score (nSPS) is 16.7. The third kappa shape index (κ3) is 5.70. The van der Waals surface area contributed by atoms with Crippen LogP contribution in [-0.4, -0.2) is 24.6 Å². The minimum atomic E-state index is -4.50. The number of aryl methyl sites for hydroxylation is 1. The summed E-state index contributed by atoms with van der Waals surface area (Å²) in [7, 11) is 0. The fourth-order valence-electron chi connectivity index (χ4n) is 4.50. The van der Waals surface area contributed by atoms with E-state index in [-0.39, 0.29) is 30.6 Å². The quantitative estimate of drug-likeness (QED) is 0.485. The van der Waals surface area contributed by atoms with E-state index in [2.05, 4.69) is 0 Å². The maximum atomic E-state index is 13.7. The number of primary amides is 1. The standard InChI is InChI=1S/C26H25F3N2O3.ClH/c1-16(24(30)32)19-12-10-18-7-3-5-9-22(18)31(25(19)33)14-21-20-8-4-2-6-17(20)11-13-23(21)34-15-26(27,28)29;/h2-9,11,13,16,19H,10,12,14-15H2,1H3,(H2,30,32);1H/t16?,19-;/m0./s1. The summed E-state index contributed by atoms with van der Waals surface area (Å²) in [5, 5.41) is 1.51. The summed E-state index contributed by atoms with van der Waals surface area (Å²) in [4.78, 5) is 27.2. The van der Waals surface area contributed by atoms with Crippen LogP contribution < -0.4 is 15.4 Å². The summed E-state index contributed by atoms with van der Waals surface area (Å²) in [5.41, 5.74) is 7.59. The second-order valence-electron chi connectivity index (χ2n) is 8.56. The molecule has 3 aromatic rings. The molecule has 1 heterocycles. The van der Waals surface area contributed by atoms with Gasteiger partial charge in [-0.1, -0.05) is 55.5 Å².